The zero-order valence-corrected chi connectivity index (χ0v) is 17.9. The van der Waals surface area contributed by atoms with Crippen LogP contribution in [0.25, 0.3) is 0 Å². The summed E-state index contributed by atoms with van der Waals surface area (Å²) >= 11 is 1.52. The van der Waals surface area contributed by atoms with Gasteiger partial charge in [-0.25, -0.2) is 4.79 Å². The molecule has 0 spiro atoms. The molecule has 0 fully saturated rings. The Morgan fingerprint density at radius 1 is 1.07 bits per heavy atom. The Morgan fingerprint density at radius 2 is 1.66 bits per heavy atom. The zero-order valence-electron chi connectivity index (χ0n) is 17.1. The predicted molar refractivity (Wildman–Crippen MR) is 114 cm³/mol. The van der Waals surface area contributed by atoms with Gasteiger partial charge in [-0.3, -0.25) is 9.59 Å². The molecule has 0 aromatic heterocycles. The second-order valence-corrected chi connectivity index (χ2v) is 8.33. The monoisotopic (exact) mass is 425 g/mol. The summed E-state index contributed by atoms with van der Waals surface area (Å²) in [5.41, 5.74) is 6.75. The Morgan fingerprint density at radius 3 is 2.17 bits per heavy atom. The van der Waals surface area contributed by atoms with Crippen molar-refractivity contribution in [1.82, 2.24) is 10.6 Å². The van der Waals surface area contributed by atoms with Crippen LogP contribution in [0.4, 0.5) is 0 Å². The third-order valence-corrected chi connectivity index (χ3v) is 4.94. The highest BCUT2D eigenvalue weighted by Crippen LogP contribution is 2.11. The average Bonchev–Trinajstić information content (AvgIpc) is 2.65. The average molecular weight is 426 g/mol. The molecule has 1 rings (SSSR count). The van der Waals surface area contributed by atoms with Gasteiger partial charge in [0, 0.05) is 0 Å². The molecule has 9 heteroatoms. The lowest BCUT2D eigenvalue weighted by molar-refractivity contribution is -0.142. The van der Waals surface area contributed by atoms with Gasteiger partial charge in [0.1, 0.15) is 17.8 Å². The molecule has 2 amide bonds. The van der Waals surface area contributed by atoms with Crippen LogP contribution in [-0.2, 0) is 20.8 Å². The summed E-state index contributed by atoms with van der Waals surface area (Å²) in [6.07, 6.45) is 2.78. The molecule has 6 N–H and O–H groups in total. The lowest BCUT2D eigenvalue weighted by Crippen LogP contribution is -2.55. The molecule has 0 bridgehead atoms. The van der Waals surface area contributed by atoms with Crippen LogP contribution < -0.4 is 16.4 Å². The van der Waals surface area contributed by atoms with E-state index in [1.54, 1.807) is 12.1 Å². The van der Waals surface area contributed by atoms with E-state index < -0.39 is 35.9 Å². The van der Waals surface area contributed by atoms with Crippen molar-refractivity contribution in [2.24, 2.45) is 11.7 Å². The van der Waals surface area contributed by atoms with Gasteiger partial charge in [-0.1, -0.05) is 26.0 Å². The van der Waals surface area contributed by atoms with E-state index in [9.17, 15) is 24.6 Å². The van der Waals surface area contributed by atoms with Gasteiger partial charge in [-0.2, -0.15) is 11.8 Å². The van der Waals surface area contributed by atoms with Crippen molar-refractivity contribution in [3.8, 4) is 5.75 Å². The molecule has 1 aromatic rings. The Hall–Kier alpha value is -2.26. The van der Waals surface area contributed by atoms with Crippen molar-refractivity contribution in [3.63, 3.8) is 0 Å². The number of rotatable bonds is 12. The van der Waals surface area contributed by atoms with Crippen LogP contribution in [0, 0.1) is 5.92 Å². The van der Waals surface area contributed by atoms with Gasteiger partial charge >= 0.3 is 5.97 Å². The smallest absolute Gasteiger partial charge is 0.326 e. The number of aromatic hydroxyl groups is 1. The Balaban J connectivity index is 2.76. The van der Waals surface area contributed by atoms with Crippen molar-refractivity contribution in [1.29, 1.82) is 0 Å². The number of aliphatic carboxylic acids is 1. The van der Waals surface area contributed by atoms with Gasteiger partial charge in [-0.15, -0.1) is 0 Å². The first kappa shape index (κ1) is 24.8. The third-order valence-electron chi connectivity index (χ3n) is 4.29. The molecular weight excluding hydrogens is 394 g/mol. The van der Waals surface area contributed by atoms with Crippen molar-refractivity contribution in [2.45, 2.75) is 51.2 Å². The largest absolute Gasteiger partial charge is 0.508 e. The summed E-state index contributed by atoms with van der Waals surface area (Å²) in [6, 6.07) is 3.60. The summed E-state index contributed by atoms with van der Waals surface area (Å²) in [5, 5.41) is 23.8. The summed E-state index contributed by atoms with van der Waals surface area (Å²) < 4.78 is 0. The lowest BCUT2D eigenvalue weighted by Gasteiger charge is -2.23. The van der Waals surface area contributed by atoms with Crippen molar-refractivity contribution in [3.05, 3.63) is 29.8 Å². The quantitative estimate of drug-likeness (QED) is 0.338. The van der Waals surface area contributed by atoms with Crippen LogP contribution in [0.1, 0.15) is 32.3 Å². The Bertz CT molecular complexity index is 681. The van der Waals surface area contributed by atoms with Crippen LogP contribution in [0.5, 0.6) is 5.75 Å². The van der Waals surface area contributed by atoms with Gasteiger partial charge in [0.15, 0.2) is 0 Å². The Labute approximate surface area is 175 Å². The first-order valence-corrected chi connectivity index (χ1v) is 10.9. The van der Waals surface area contributed by atoms with Crippen LogP contribution in [0.2, 0.25) is 0 Å². The maximum absolute atomic E-state index is 12.6. The van der Waals surface area contributed by atoms with Crippen molar-refractivity contribution < 1.29 is 24.6 Å². The van der Waals surface area contributed by atoms with E-state index in [0.717, 1.165) is 5.56 Å². The molecule has 1 aromatic carbocycles. The van der Waals surface area contributed by atoms with Crippen LogP contribution in [-0.4, -0.2) is 58.1 Å². The van der Waals surface area contributed by atoms with Crippen molar-refractivity contribution in [2.75, 3.05) is 12.0 Å². The number of amides is 2. The summed E-state index contributed by atoms with van der Waals surface area (Å²) in [5.74, 6) is -1.30. The van der Waals surface area contributed by atoms with Gasteiger partial charge in [0.25, 0.3) is 0 Å². The minimum atomic E-state index is -1.11. The SMILES string of the molecule is CSCC[C@H](NC(=O)[C@@H](N)Cc1ccc(O)cc1)C(=O)N[C@@H](CC(C)C)C(=O)O. The number of carboxylic acid groups (broad SMARTS) is 1. The topological polar surface area (TPSA) is 142 Å². The van der Waals surface area contributed by atoms with Crippen LogP contribution in [0.3, 0.4) is 0 Å². The molecule has 8 nitrogen and oxygen atoms in total. The summed E-state index contributed by atoms with van der Waals surface area (Å²) in [4.78, 5) is 36.6. The van der Waals surface area contributed by atoms with E-state index in [4.69, 9.17) is 5.73 Å². The standard InChI is InChI=1S/C20H31N3O5S/c1-12(2)10-17(20(27)28)23-19(26)16(8-9-29-3)22-18(25)15(21)11-13-4-6-14(24)7-5-13/h4-7,12,15-17,24H,8-11,21H2,1-3H3,(H,22,25)(H,23,26)(H,27,28)/t15-,16-,17-/m0/s1. The maximum Gasteiger partial charge on any atom is 0.326 e. The number of carboxylic acids is 1. The van der Waals surface area contributed by atoms with Gasteiger partial charge in [0.2, 0.25) is 11.8 Å². The summed E-state index contributed by atoms with van der Waals surface area (Å²) in [7, 11) is 0. The number of benzene rings is 1. The second-order valence-electron chi connectivity index (χ2n) is 7.35. The van der Waals surface area contributed by atoms with E-state index >= 15 is 0 Å². The van der Waals surface area contributed by atoms with Crippen LogP contribution >= 0.6 is 11.8 Å². The molecule has 29 heavy (non-hydrogen) atoms. The minimum absolute atomic E-state index is 0.0920. The minimum Gasteiger partial charge on any atom is -0.508 e. The van der Waals surface area contributed by atoms with E-state index in [1.807, 2.05) is 20.1 Å². The molecule has 0 aliphatic carbocycles. The highest BCUT2D eigenvalue weighted by molar-refractivity contribution is 7.98. The fraction of sp³-hybridized carbons (Fsp3) is 0.550. The van der Waals surface area contributed by atoms with Crippen molar-refractivity contribution >= 4 is 29.5 Å². The number of hydrogen-bond acceptors (Lipinski definition) is 6. The van der Waals surface area contributed by atoms with Gasteiger partial charge in [0.05, 0.1) is 6.04 Å². The molecule has 162 valence electrons. The molecule has 0 aliphatic rings. The number of hydrogen-bond donors (Lipinski definition) is 5. The number of phenols is 1. The number of carbonyl (C=O) groups is 3. The third kappa shape index (κ3) is 9.19. The van der Waals surface area contributed by atoms with E-state index in [0.29, 0.717) is 18.6 Å². The fourth-order valence-electron chi connectivity index (χ4n) is 2.73. The molecule has 0 aliphatic heterocycles. The van der Waals surface area contributed by atoms with Crippen LogP contribution in [0.15, 0.2) is 24.3 Å². The lowest BCUT2D eigenvalue weighted by atomic mass is 10.0. The Kier molecular flexibility index (Phi) is 10.5. The number of nitrogens with one attached hydrogen (secondary N) is 2. The fourth-order valence-corrected chi connectivity index (χ4v) is 3.20. The summed E-state index contributed by atoms with van der Waals surface area (Å²) in [6.45, 7) is 3.74. The highest BCUT2D eigenvalue weighted by Gasteiger charge is 2.28. The molecule has 0 heterocycles. The zero-order chi connectivity index (χ0) is 22.0. The number of phenolic OH excluding ortho intramolecular Hbond substituents is 1. The molecule has 3 atom stereocenters. The van der Waals surface area contributed by atoms with E-state index in [-0.39, 0.29) is 18.1 Å². The normalized spacial score (nSPS) is 14.1. The molecule has 0 radical (unpaired) electrons. The predicted octanol–water partition coefficient (Wildman–Crippen LogP) is 1.12. The molecular formula is C20H31N3O5S. The molecule has 0 unspecified atom stereocenters. The highest BCUT2D eigenvalue weighted by atomic mass is 32.2. The van der Waals surface area contributed by atoms with E-state index in [1.165, 1.54) is 23.9 Å². The second kappa shape index (κ2) is 12.3. The number of carbonyl (C=O) groups excluding carboxylic acids is 2. The number of nitrogens with two attached hydrogens (primary N) is 1. The molecule has 0 saturated carbocycles. The maximum atomic E-state index is 12.6. The molecule has 0 saturated heterocycles. The van der Waals surface area contributed by atoms with Gasteiger partial charge < -0.3 is 26.6 Å². The first-order valence-electron chi connectivity index (χ1n) is 9.50. The van der Waals surface area contributed by atoms with E-state index in [2.05, 4.69) is 10.6 Å². The van der Waals surface area contributed by atoms with Gasteiger partial charge in [-0.05, 0) is 54.9 Å². The number of thioether (sulfide) groups is 1. The first-order chi connectivity index (χ1) is 13.6.